The second-order valence-electron chi connectivity index (χ2n) is 7.20. The summed E-state index contributed by atoms with van der Waals surface area (Å²) in [6, 6.07) is 11.8. The molecule has 1 aliphatic heterocycles. The van der Waals surface area contributed by atoms with Crippen molar-refractivity contribution in [3.05, 3.63) is 35.9 Å². The van der Waals surface area contributed by atoms with Gasteiger partial charge in [-0.15, -0.1) is 24.0 Å². The van der Waals surface area contributed by atoms with Crippen LogP contribution in [-0.2, 0) is 6.54 Å². The Hall–Kier alpha value is -0.860. The largest absolute Gasteiger partial charge is 0.355 e. The number of nitrogens with zero attached hydrogens (tertiary/aromatic N) is 3. The Balaban J connectivity index is 0.00000364. The Morgan fingerprint density at radius 3 is 2.37 bits per heavy atom. The molecule has 1 unspecified atom stereocenters. The summed E-state index contributed by atoms with van der Waals surface area (Å²) in [7, 11) is 1.86. The summed E-state index contributed by atoms with van der Waals surface area (Å²) in [5, 5.41) is 7.11. The highest BCUT2D eigenvalue weighted by Gasteiger charge is 2.20. The number of halogens is 1. The van der Waals surface area contributed by atoms with E-state index in [1.165, 1.54) is 18.4 Å². The van der Waals surface area contributed by atoms with Gasteiger partial charge in [0.2, 0.25) is 0 Å². The molecule has 154 valence electrons. The molecule has 1 saturated heterocycles. The van der Waals surface area contributed by atoms with Gasteiger partial charge in [0, 0.05) is 45.3 Å². The smallest absolute Gasteiger partial charge is 0.191 e. The number of hydrogen-bond acceptors (Lipinski definition) is 3. The molecule has 5 nitrogen and oxygen atoms in total. The van der Waals surface area contributed by atoms with Gasteiger partial charge in [0.25, 0.3) is 0 Å². The van der Waals surface area contributed by atoms with E-state index >= 15 is 0 Å². The first-order valence-corrected chi connectivity index (χ1v) is 10.1. The first-order chi connectivity index (χ1) is 12.7. The average Bonchev–Trinajstić information content (AvgIpc) is 2.68. The number of piperidine rings is 1. The molecule has 6 heteroatoms. The van der Waals surface area contributed by atoms with E-state index in [4.69, 9.17) is 0 Å². The fourth-order valence-corrected chi connectivity index (χ4v) is 3.69. The van der Waals surface area contributed by atoms with Crippen molar-refractivity contribution in [3.8, 4) is 0 Å². The van der Waals surface area contributed by atoms with Crippen molar-refractivity contribution in [2.45, 2.75) is 52.2 Å². The van der Waals surface area contributed by atoms with E-state index in [1.54, 1.807) is 0 Å². The number of likely N-dealkylation sites (N-methyl/N-ethyl adjacent to an activating group) is 1. The molecule has 2 N–H and O–H groups in total. The molecule has 1 aromatic carbocycles. The average molecular weight is 487 g/mol. The van der Waals surface area contributed by atoms with E-state index in [2.05, 4.69) is 76.5 Å². The number of benzene rings is 1. The SMILES string of the molecule is CCN(CC)C(C)CNC(=NC)NC1CCN(Cc2ccccc2)CC1.I. The fourth-order valence-electron chi connectivity index (χ4n) is 3.69. The lowest BCUT2D eigenvalue weighted by Gasteiger charge is -2.33. The van der Waals surface area contributed by atoms with Crippen LogP contribution in [0.1, 0.15) is 39.2 Å². The zero-order valence-electron chi connectivity index (χ0n) is 17.4. The number of guanidine groups is 1. The standard InChI is InChI=1S/C21H37N5.HI/c1-5-26(6-2)18(3)16-23-21(22-4)24-20-12-14-25(15-13-20)17-19-10-8-7-9-11-19;/h7-11,18,20H,5-6,12-17H2,1-4H3,(H2,22,23,24);1H. The molecule has 1 heterocycles. The molecule has 0 amide bonds. The summed E-state index contributed by atoms with van der Waals surface area (Å²) in [6.07, 6.45) is 2.33. The van der Waals surface area contributed by atoms with Crippen LogP contribution in [0.3, 0.4) is 0 Å². The van der Waals surface area contributed by atoms with Crippen LogP contribution in [0.15, 0.2) is 35.3 Å². The molecule has 0 radical (unpaired) electrons. The van der Waals surface area contributed by atoms with Crippen LogP contribution in [0, 0.1) is 0 Å². The Morgan fingerprint density at radius 1 is 1.19 bits per heavy atom. The minimum absolute atomic E-state index is 0. The monoisotopic (exact) mass is 487 g/mol. The van der Waals surface area contributed by atoms with Gasteiger partial charge >= 0.3 is 0 Å². The van der Waals surface area contributed by atoms with Gasteiger partial charge in [-0.1, -0.05) is 44.2 Å². The molecule has 1 aromatic rings. The van der Waals surface area contributed by atoms with E-state index in [9.17, 15) is 0 Å². The Kier molecular flexibility index (Phi) is 11.9. The molecule has 2 rings (SSSR count). The van der Waals surface area contributed by atoms with Crippen molar-refractivity contribution in [1.29, 1.82) is 0 Å². The Bertz CT molecular complexity index is 525. The fraction of sp³-hybridized carbons (Fsp3) is 0.667. The third-order valence-electron chi connectivity index (χ3n) is 5.40. The quantitative estimate of drug-likeness (QED) is 0.336. The molecular weight excluding hydrogens is 449 g/mol. The van der Waals surface area contributed by atoms with Gasteiger partial charge in [0.05, 0.1) is 0 Å². The summed E-state index contributed by atoms with van der Waals surface area (Å²) in [5.41, 5.74) is 1.40. The van der Waals surface area contributed by atoms with E-state index in [1.807, 2.05) is 7.05 Å². The highest BCUT2D eigenvalue weighted by atomic mass is 127. The molecule has 1 fully saturated rings. The van der Waals surface area contributed by atoms with Crippen molar-refractivity contribution in [2.75, 3.05) is 39.8 Å². The minimum atomic E-state index is 0. The lowest BCUT2D eigenvalue weighted by atomic mass is 10.0. The first kappa shape index (κ1) is 24.2. The summed E-state index contributed by atoms with van der Waals surface area (Å²) < 4.78 is 0. The van der Waals surface area contributed by atoms with Crippen LogP contribution >= 0.6 is 24.0 Å². The molecule has 27 heavy (non-hydrogen) atoms. The highest BCUT2D eigenvalue weighted by molar-refractivity contribution is 14.0. The van der Waals surface area contributed by atoms with Crippen molar-refractivity contribution >= 4 is 29.9 Å². The third kappa shape index (κ3) is 8.35. The van der Waals surface area contributed by atoms with Crippen molar-refractivity contribution in [2.24, 2.45) is 4.99 Å². The summed E-state index contributed by atoms with van der Waals surface area (Å²) >= 11 is 0. The molecule has 1 atom stereocenters. The number of aliphatic imine (C=N–C) groups is 1. The van der Waals surface area contributed by atoms with Crippen LogP contribution < -0.4 is 10.6 Å². The lowest BCUT2D eigenvalue weighted by Crippen LogP contribution is -2.51. The van der Waals surface area contributed by atoms with Gasteiger partial charge in [-0.2, -0.15) is 0 Å². The third-order valence-corrected chi connectivity index (χ3v) is 5.40. The zero-order chi connectivity index (χ0) is 18.8. The molecule has 0 bridgehead atoms. The van der Waals surface area contributed by atoms with Gasteiger partial charge in [0.15, 0.2) is 5.96 Å². The Labute approximate surface area is 183 Å². The predicted molar refractivity (Wildman–Crippen MR) is 127 cm³/mol. The van der Waals surface area contributed by atoms with E-state index < -0.39 is 0 Å². The lowest BCUT2D eigenvalue weighted by molar-refractivity contribution is 0.198. The maximum Gasteiger partial charge on any atom is 0.191 e. The molecule has 1 aliphatic rings. The van der Waals surface area contributed by atoms with Crippen LogP contribution in [-0.4, -0.2) is 67.6 Å². The Morgan fingerprint density at radius 2 is 1.81 bits per heavy atom. The normalized spacial score (nSPS) is 17.4. The number of likely N-dealkylation sites (tertiary alicyclic amines) is 1. The van der Waals surface area contributed by atoms with Crippen molar-refractivity contribution < 1.29 is 0 Å². The maximum absolute atomic E-state index is 4.41. The van der Waals surface area contributed by atoms with Crippen molar-refractivity contribution in [3.63, 3.8) is 0 Å². The highest BCUT2D eigenvalue weighted by Crippen LogP contribution is 2.13. The summed E-state index contributed by atoms with van der Waals surface area (Å²) in [5.74, 6) is 0.936. The van der Waals surface area contributed by atoms with Gasteiger partial charge in [-0.3, -0.25) is 14.8 Å². The predicted octanol–water partition coefficient (Wildman–Crippen LogP) is 3.16. The molecular formula is C21H38IN5. The van der Waals surface area contributed by atoms with Crippen molar-refractivity contribution in [1.82, 2.24) is 20.4 Å². The van der Waals surface area contributed by atoms with Crippen LogP contribution in [0.5, 0.6) is 0 Å². The first-order valence-electron chi connectivity index (χ1n) is 10.1. The van der Waals surface area contributed by atoms with Gasteiger partial charge in [-0.05, 0) is 38.4 Å². The zero-order valence-corrected chi connectivity index (χ0v) is 19.8. The summed E-state index contributed by atoms with van der Waals surface area (Å²) in [4.78, 5) is 9.42. The number of nitrogens with one attached hydrogen (secondary N) is 2. The number of rotatable bonds is 8. The topological polar surface area (TPSA) is 42.9 Å². The molecule has 0 aromatic heterocycles. The number of hydrogen-bond donors (Lipinski definition) is 2. The molecule has 0 spiro atoms. The van der Waals surface area contributed by atoms with Gasteiger partial charge in [-0.25, -0.2) is 0 Å². The molecule has 0 saturated carbocycles. The van der Waals surface area contributed by atoms with E-state index in [0.29, 0.717) is 12.1 Å². The summed E-state index contributed by atoms with van der Waals surface area (Å²) in [6.45, 7) is 13.1. The second-order valence-corrected chi connectivity index (χ2v) is 7.20. The molecule has 0 aliphatic carbocycles. The van der Waals surface area contributed by atoms with Gasteiger partial charge in [0.1, 0.15) is 0 Å². The van der Waals surface area contributed by atoms with E-state index in [-0.39, 0.29) is 24.0 Å². The van der Waals surface area contributed by atoms with E-state index in [0.717, 1.165) is 45.2 Å². The van der Waals surface area contributed by atoms with Crippen LogP contribution in [0.25, 0.3) is 0 Å². The second kappa shape index (κ2) is 13.3. The maximum atomic E-state index is 4.41. The minimum Gasteiger partial charge on any atom is -0.355 e. The van der Waals surface area contributed by atoms with Gasteiger partial charge < -0.3 is 10.6 Å². The van der Waals surface area contributed by atoms with Crippen LogP contribution in [0.4, 0.5) is 0 Å². The van der Waals surface area contributed by atoms with Crippen LogP contribution in [0.2, 0.25) is 0 Å².